The molecule has 3 N–H and O–H groups in total. The van der Waals surface area contributed by atoms with Gasteiger partial charge in [-0.2, -0.15) is 14.0 Å². The van der Waals surface area contributed by atoms with Crippen LogP contribution in [0.25, 0.3) is 11.4 Å². The number of carbonyl (C=O) groups is 1. The number of amides is 1. The second kappa shape index (κ2) is 15.3. The van der Waals surface area contributed by atoms with Crippen molar-refractivity contribution in [3.05, 3.63) is 157 Å². The maximum absolute atomic E-state index is 12.9. The second-order valence-electron chi connectivity index (χ2n) is 9.84. The predicted molar refractivity (Wildman–Crippen MR) is 176 cm³/mol. The standard InChI is InChI=1S/C35H28N3OPS.ClHO4/c39-33(28-18-8-2-9-19-28)36-26-41-35-34(37-32(38-35)27-16-6-1-7-17-27)40(29-20-10-3-11-21-29,30-22-12-4-13-23-30)31-24-14-5-15-25-31;2-1(3,4)5/h1-25H,26H2,(H-,36,37,38,39);(H,2,3,4,5)/p+1. The number of nitrogens with one attached hydrogen (secondary N) is 2. The number of hydrogen-bond donors (Lipinski definition) is 3. The third kappa shape index (κ3) is 8.09. The van der Waals surface area contributed by atoms with Gasteiger partial charge in [0.15, 0.2) is 12.3 Å². The molecule has 46 heavy (non-hydrogen) atoms. The van der Waals surface area contributed by atoms with Crippen LogP contribution in [-0.2, 0) is 0 Å². The van der Waals surface area contributed by atoms with E-state index in [1.54, 1.807) is 11.8 Å². The van der Waals surface area contributed by atoms with Gasteiger partial charge in [0.1, 0.15) is 21.7 Å². The number of benzene rings is 5. The molecule has 1 amide bonds. The van der Waals surface area contributed by atoms with Crippen LogP contribution >= 0.6 is 19.0 Å². The van der Waals surface area contributed by atoms with Gasteiger partial charge < -0.3 is 10.3 Å². The molecule has 0 aliphatic rings. The zero-order valence-corrected chi connectivity index (χ0v) is 26.9. The number of aromatic amines is 1. The molecule has 1 aromatic heterocycles. The molecule has 8 nitrogen and oxygen atoms in total. The van der Waals surface area contributed by atoms with Crippen LogP contribution in [0.4, 0.5) is 0 Å². The van der Waals surface area contributed by atoms with Gasteiger partial charge in [-0.05, 0) is 48.5 Å². The van der Waals surface area contributed by atoms with Crippen molar-refractivity contribution in [2.24, 2.45) is 0 Å². The normalized spacial score (nSPS) is 11.3. The molecule has 0 spiro atoms. The van der Waals surface area contributed by atoms with E-state index in [2.05, 4.69) is 113 Å². The molecule has 0 atom stereocenters. The fourth-order valence-electron chi connectivity index (χ4n) is 5.06. The lowest BCUT2D eigenvalue weighted by Gasteiger charge is -2.26. The SMILES string of the molecule is O=C(NCSc1nc(-c2ccccc2)[nH]c1[P+](c1ccccc1)(c1ccccc1)c1ccccc1)c1ccccc1.[O-][Cl+3]([O-])([O-])O. The molecule has 0 unspecified atom stereocenters. The van der Waals surface area contributed by atoms with E-state index in [0.717, 1.165) is 21.8 Å². The first kappa shape index (κ1) is 33.1. The zero-order chi connectivity index (χ0) is 32.4. The van der Waals surface area contributed by atoms with Gasteiger partial charge in [-0.15, -0.1) is 0 Å². The van der Waals surface area contributed by atoms with Gasteiger partial charge in [0, 0.05) is 11.1 Å². The fourth-order valence-corrected chi connectivity index (χ4v) is 10.5. The molecular formula is C35H30ClN3O5PS+. The molecule has 0 saturated heterocycles. The Hall–Kier alpha value is -4.31. The summed E-state index contributed by atoms with van der Waals surface area (Å²) in [6.07, 6.45) is 0. The molecule has 5 aromatic carbocycles. The van der Waals surface area contributed by atoms with Gasteiger partial charge in [-0.1, -0.05) is 115 Å². The van der Waals surface area contributed by atoms with E-state index >= 15 is 0 Å². The quantitative estimate of drug-likeness (QED) is 0.121. The molecule has 0 aliphatic carbocycles. The van der Waals surface area contributed by atoms with Crippen LogP contribution in [0.5, 0.6) is 0 Å². The number of rotatable bonds is 9. The molecular weight excluding hydrogens is 641 g/mol. The summed E-state index contributed by atoms with van der Waals surface area (Å²) < 4.78 is 32.7. The van der Waals surface area contributed by atoms with E-state index in [1.165, 1.54) is 15.9 Å². The Kier molecular flexibility index (Phi) is 11.0. The first-order chi connectivity index (χ1) is 22.3. The average Bonchev–Trinajstić information content (AvgIpc) is 3.51. The number of thioether (sulfide) groups is 1. The highest BCUT2D eigenvalue weighted by atomic mass is 35.7. The molecule has 0 saturated carbocycles. The Balaban J connectivity index is 0.000000775. The smallest absolute Gasteiger partial charge is 0.251 e. The summed E-state index contributed by atoms with van der Waals surface area (Å²) >= 11 is 1.55. The average molecular weight is 671 g/mol. The number of carbonyl (C=O) groups excluding carboxylic acids is 1. The third-order valence-corrected chi connectivity index (χ3v) is 12.2. The van der Waals surface area contributed by atoms with Crippen molar-refractivity contribution in [2.75, 3.05) is 5.88 Å². The van der Waals surface area contributed by atoms with Gasteiger partial charge in [-0.3, -0.25) is 4.79 Å². The Bertz CT molecular complexity index is 1720. The Labute approximate surface area is 273 Å². The van der Waals surface area contributed by atoms with E-state index in [4.69, 9.17) is 23.6 Å². The number of aromatic nitrogens is 2. The lowest BCUT2D eigenvalue weighted by Crippen LogP contribution is -2.58. The van der Waals surface area contributed by atoms with Gasteiger partial charge >= 0.3 is 0 Å². The fraction of sp³-hybridized carbons (Fsp3) is 0.0286. The predicted octanol–water partition coefficient (Wildman–Crippen LogP) is 2.05. The largest absolute Gasteiger partial charge is 0.343 e. The summed E-state index contributed by atoms with van der Waals surface area (Å²) in [6, 6.07) is 51.7. The Morgan fingerprint density at radius 3 is 1.52 bits per heavy atom. The lowest BCUT2D eigenvalue weighted by molar-refractivity contribution is -1.92. The van der Waals surface area contributed by atoms with Crippen molar-refractivity contribution in [1.29, 1.82) is 0 Å². The minimum Gasteiger partial charge on any atom is -0.343 e. The summed E-state index contributed by atoms with van der Waals surface area (Å²) in [4.78, 5) is 21.8. The van der Waals surface area contributed by atoms with Crippen LogP contribution < -0.4 is 40.6 Å². The zero-order valence-electron chi connectivity index (χ0n) is 24.4. The van der Waals surface area contributed by atoms with E-state index in [1.807, 2.05) is 48.5 Å². The number of halogens is 1. The highest BCUT2D eigenvalue weighted by molar-refractivity contribution is 8.04. The Morgan fingerprint density at radius 1 is 0.696 bits per heavy atom. The van der Waals surface area contributed by atoms with Crippen LogP contribution in [-0.4, -0.2) is 26.4 Å². The van der Waals surface area contributed by atoms with Crippen molar-refractivity contribution in [2.45, 2.75) is 5.03 Å². The number of hydrogen-bond acceptors (Lipinski definition) is 7. The molecule has 11 heteroatoms. The van der Waals surface area contributed by atoms with Gasteiger partial charge in [0.05, 0.1) is 20.8 Å². The van der Waals surface area contributed by atoms with Crippen molar-refractivity contribution >= 4 is 46.3 Å². The Morgan fingerprint density at radius 2 is 1.09 bits per heavy atom. The summed E-state index contributed by atoms with van der Waals surface area (Å²) in [5, 5.41) is 7.65. The molecule has 232 valence electrons. The number of H-pyrrole nitrogens is 1. The van der Waals surface area contributed by atoms with Crippen molar-refractivity contribution in [3.8, 4) is 11.4 Å². The highest BCUT2D eigenvalue weighted by Gasteiger charge is 2.51. The van der Waals surface area contributed by atoms with Crippen LogP contribution in [0.15, 0.2) is 157 Å². The molecule has 0 radical (unpaired) electrons. The summed E-state index contributed by atoms with van der Waals surface area (Å²) in [6.45, 7) is 0. The minimum absolute atomic E-state index is 0.103. The van der Waals surface area contributed by atoms with E-state index in [0.29, 0.717) is 11.4 Å². The highest BCUT2D eigenvalue weighted by Crippen LogP contribution is 2.55. The molecule has 6 aromatic rings. The van der Waals surface area contributed by atoms with E-state index in [-0.39, 0.29) is 5.91 Å². The maximum Gasteiger partial charge on any atom is 0.251 e. The van der Waals surface area contributed by atoms with E-state index < -0.39 is 17.5 Å². The summed E-state index contributed by atoms with van der Waals surface area (Å²) in [5.41, 5.74) is 2.72. The summed E-state index contributed by atoms with van der Waals surface area (Å²) in [5.74, 6) is 1.09. The van der Waals surface area contributed by atoms with E-state index in [9.17, 15) is 4.79 Å². The van der Waals surface area contributed by atoms with Gasteiger partial charge in [0.25, 0.3) is 5.91 Å². The van der Waals surface area contributed by atoms with Crippen molar-refractivity contribution in [1.82, 2.24) is 15.3 Å². The van der Waals surface area contributed by atoms with Gasteiger partial charge in [-0.25, -0.2) is 4.98 Å². The minimum atomic E-state index is -4.69. The molecule has 6 rings (SSSR count). The van der Waals surface area contributed by atoms with Crippen LogP contribution in [0.3, 0.4) is 0 Å². The van der Waals surface area contributed by atoms with Crippen LogP contribution in [0.2, 0.25) is 0 Å². The maximum atomic E-state index is 12.9. The summed E-state index contributed by atoms with van der Waals surface area (Å²) in [7, 11) is -7.11. The van der Waals surface area contributed by atoms with Crippen molar-refractivity contribution < 1.29 is 33.7 Å². The lowest BCUT2D eigenvalue weighted by atomic mass is 10.2. The van der Waals surface area contributed by atoms with Crippen molar-refractivity contribution in [3.63, 3.8) is 0 Å². The molecule has 0 fully saturated rings. The van der Waals surface area contributed by atoms with Crippen LogP contribution in [0.1, 0.15) is 10.4 Å². The van der Waals surface area contributed by atoms with Crippen LogP contribution in [0, 0.1) is 10.2 Å². The number of nitrogens with zero attached hydrogens (tertiary/aromatic N) is 1. The molecule has 0 bridgehead atoms. The molecule has 0 aliphatic heterocycles. The number of imidazole rings is 1. The van der Waals surface area contributed by atoms with Gasteiger partial charge in [0.2, 0.25) is 5.44 Å². The topological polar surface area (TPSA) is 147 Å². The third-order valence-electron chi connectivity index (χ3n) is 6.94. The monoisotopic (exact) mass is 670 g/mol. The first-order valence-electron chi connectivity index (χ1n) is 14.1. The first-order valence-corrected chi connectivity index (χ1v) is 18.1. The second-order valence-corrected chi connectivity index (χ2v) is 14.9. The molecule has 1 heterocycles.